The second kappa shape index (κ2) is 9.73. The van der Waals surface area contributed by atoms with Crippen molar-refractivity contribution in [3.8, 4) is 0 Å². The van der Waals surface area contributed by atoms with Crippen LogP contribution in [0.25, 0.3) is 10.2 Å². The van der Waals surface area contributed by atoms with Crippen molar-refractivity contribution in [2.24, 2.45) is 0 Å². The van der Waals surface area contributed by atoms with Gasteiger partial charge in [-0.05, 0) is 42.0 Å². The molecule has 5 rings (SSSR count). The van der Waals surface area contributed by atoms with Crippen LogP contribution in [-0.4, -0.2) is 18.8 Å². The van der Waals surface area contributed by atoms with E-state index in [0.29, 0.717) is 27.3 Å². The quantitative estimate of drug-likeness (QED) is 0.267. The second-order valence-corrected chi connectivity index (χ2v) is 11.2. The topological polar surface area (TPSA) is 85.2 Å². The van der Waals surface area contributed by atoms with Crippen molar-refractivity contribution in [1.29, 1.82) is 0 Å². The van der Waals surface area contributed by atoms with E-state index in [9.17, 15) is 18.0 Å². The number of thiazole rings is 1. The third kappa shape index (κ3) is 4.83. The van der Waals surface area contributed by atoms with Crippen LogP contribution in [0.2, 0.25) is 5.02 Å². The fourth-order valence-corrected chi connectivity index (χ4v) is 6.15. The highest BCUT2D eigenvalue weighted by Gasteiger charge is 2.21. The summed E-state index contributed by atoms with van der Waals surface area (Å²) in [5.74, 6) is -0.359. The zero-order valence-electron chi connectivity index (χ0n) is 18.7. The first-order valence-corrected chi connectivity index (χ1v) is 13.6. The lowest BCUT2D eigenvalue weighted by Crippen LogP contribution is -2.16. The molecular formula is C27H19ClN2O4S2. The number of fused-ring (bicyclic) bond motifs is 1. The SMILES string of the molecule is O=C(c1ccccc1)c1cc(Cl)ccc1NS(=O)(=O)c1ccc2c(c1)sc(=O)n2Cc1ccccc1. The van der Waals surface area contributed by atoms with Gasteiger partial charge < -0.3 is 0 Å². The van der Waals surface area contributed by atoms with Crippen molar-refractivity contribution in [2.45, 2.75) is 11.4 Å². The van der Waals surface area contributed by atoms with Crippen molar-refractivity contribution in [3.05, 3.63) is 128 Å². The molecule has 0 atom stereocenters. The molecule has 1 N–H and O–H groups in total. The van der Waals surface area contributed by atoms with Crippen LogP contribution in [0.15, 0.2) is 107 Å². The molecule has 36 heavy (non-hydrogen) atoms. The summed E-state index contributed by atoms with van der Waals surface area (Å²) < 4.78 is 31.3. The van der Waals surface area contributed by atoms with Crippen LogP contribution in [0.4, 0.5) is 5.69 Å². The van der Waals surface area contributed by atoms with Crippen LogP contribution in [0.5, 0.6) is 0 Å². The first-order valence-electron chi connectivity index (χ1n) is 10.9. The molecule has 0 fully saturated rings. The molecule has 0 bridgehead atoms. The van der Waals surface area contributed by atoms with Crippen LogP contribution in [-0.2, 0) is 16.6 Å². The fourth-order valence-electron chi connectivity index (χ4n) is 3.87. The molecule has 0 saturated heterocycles. The molecule has 0 unspecified atom stereocenters. The minimum Gasteiger partial charge on any atom is -0.294 e. The minimum atomic E-state index is -4.07. The molecule has 1 aromatic heterocycles. The lowest BCUT2D eigenvalue weighted by molar-refractivity contribution is 0.103. The van der Waals surface area contributed by atoms with Gasteiger partial charge in [0.2, 0.25) is 0 Å². The molecule has 5 aromatic rings. The van der Waals surface area contributed by atoms with Crippen molar-refractivity contribution in [1.82, 2.24) is 4.57 Å². The Bertz CT molecular complexity index is 1750. The van der Waals surface area contributed by atoms with Crippen molar-refractivity contribution in [3.63, 3.8) is 0 Å². The van der Waals surface area contributed by atoms with Gasteiger partial charge in [-0.2, -0.15) is 0 Å². The van der Waals surface area contributed by atoms with Gasteiger partial charge in [-0.3, -0.25) is 18.9 Å². The Morgan fingerprint density at radius 3 is 2.31 bits per heavy atom. The summed E-state index contributed by atoms with van der Waals surface area (Å²) in [7, 11) is -4.07. The van der Waals surface area contributed by atoms with Crippen LogP contribution in [0.3, 0.4) is 0 Å². The Kier molecular flexibility index (Phi) is 6.49. The maximum Gasteiger partial charge on any atom is 0.308 e. The molecule has 0 aliphatic heterocycles. The third-order valence-corrected chi connectivity index (χ3v) is 8.18. The smallest absolute Gasteiger partial charge is 0.294 e. The second-order valence-electron chi connectivity index (χ2n) is 8.06. The Morgan fingerprint density at radius 1 is 0.889 bits per heavy atom. The van der Waals surface area contributed by atoms with Crippen molar-refractivity contribution >= 4 is 54.6 Å². The summed E-state index contributed by atoms with van der Waals surface area (Å²) in [5.41, 5.74) is 2.28. The molecule has 9 heteroatoms. The monoisotopic (exact) mass is 534 g/mol. The number of aromatic nitrogens is 1. The highest BCUT2D eigenvalue weighted by Crippen LogP contribution is 2.28. The van der Waals surface area contributed by atoms with Crippen molar-refractivity contribution < 1.29 is 13.2 Å². The summed E-state index contributed by atoms with van der Waals surface area (Å²) in [6.45, 7) is 0.389. The molecule has 0 radical (unpaired) electrons. The maximum absolute atomic E-state index is 13.3. The van der Waals surface area contributed by atoms with Gasteiger partial charge >= 0.3 is 4.87 Å². The maximum atomic E-state index is 13.3. The fraction of sp³-hybridized carbons (Fsp3) is 0.0370. The van der Waals surface area contributed by atoms with Crippen molar-refractivity contribution in [2.75, 3.05) is 4.72 Å². The van der Waals surface area contributed by atoms with Gasteiger partial charge in [-0.25, -0.2) is 8.42 Å². The molecule has 0 amide bonds. The highest BCUT2D eigenvalue weighted by atomic mass is 35.5. The average molecular weight is 535 g/mol. The molecule has 0 spiro atoms. The minimum absolute atomic E-state index is 0.0174. The summed E-state index contributed by atoms with van der Waals surface area (Å²) in [6, 6.07) is 27.1. The number of nitrogens with one attached hydrogen (secondary N) is 1. The highest BCUT2D eigenvalue weighted by molar-refractivity contribution is 7.92. The molecule has 0 aliphatic rings. The molecule has 0 saturated carbocycles. The zero-order chi connectivity index (χ0) is 25.3. The van der Waals surface area contributed by atoms with E-state index in [-0.39, 0.29) is 26.8 Å². The lowest BCUT2D eigenvalue weighted by atomic mass is 10.0. The van der Waals surface area contributed by atoms with E-state index in [1.807, 2.05) is 30.3 Å². The number of ketones is 1. The van der Waals surface area contributed by atoms with Gasteiger partial charge in [0.25, 0.3) is 10.0 Å². The molecule has 6 nitrogen and oxygen atoms in total. The average Bonchev–Trinajstić information content (AvgIpc) is 3.19. The first kappa shape index (κ1) is 24.0. The number of halogens is 1. The zero-order valence-corrected chi connectivity index (χ0v) is 21.1. The van der Waals surface area contributed by atoms with Crippen LogP contribution < -0.4 is 9.60 Å². The Morgan fingerprint density at radius 2 is 1.58 bits per heavy atom. The molecule has 4 aromatic carbocycles. The lowest BCUT2D eigenvalue weighted by Gasteiger charge is -2.13. The number of hydrogen-bond donors (Lipinski definition) is 1. The largest absolute Gasteiger partial charge is 0.308 e. The van der Waals surface area contributed by atoms with Gasteiger partial charge in [0, 0.05) is 16.1 Å². The third-order valence-electron chi connectivity index (χ3n) is 5.64. The number of sulfonamides is 1. The van der Waals surface area contributed by atoms with E-state index in [1.54, 1.807) is 41.0 Å². The van der Waals surface area contributed by atoms with Crippen LogP contribution in [0.1, 0.15) is 21.5 Å². The van der Waals surface area contributed by atoms with Gasteiger partial charge in [0.1, 0.15) is 0 Å². The van der Waals surface area contributed by atoms with E-state index < -0.39 is 10.0 Å². The van der Waals surface area contributed by atoms with Crippen LogP contribution >= 0.6 is 22.9 Å². The van der Waals surface area contributed by atoms with E-state index in [1.165, 1.54) is 30.3 Å². The van der Waals surface area contributed by atoms with E-state index >= 15 is 0 Å². The van der Waals surface area contributed by atoms with E-state index in [2.05, 4.69) is 4.72 Å². The standard InChI is InChI=1S/C27H19ClN2O4S2/c28-20-11-13-23(22(15-20)26(31)19-9-5-2-6-10-19)29-36(33,34)21-12-14-24-25(16-21)35-27(32)30(24)17-18-7-3-1-4-8-18/h1-16,29H,17H2. The van der Waals surface area contributed by atoms with E-state index in [0.717, 1.165) is 16.9 Å². The van der Waals surface area contributed by atoms with Crippen LogP contribution in [0, 0.1) is 0 Å². The molecule has 0 aliphatic carbocycles. The van der Waals surface area contributed by atoms with Gasteiger partial charge in [0.05, 0.1) is 27.3 Å². The predicted molar refractivity (Wildman–Crippen MR) is 144 cm³/mol. The molecular weight excluding hydrogens is 516 g/mol. The molecule has 180 valence electrons. The Hall–Kier alpha value is -3.72. The Balaban J connectivity index is 1.49. The molecule has 1 heterocycles. The number of anilines is 1. The summed E-state index contributed by atoms with van der Waals surface area (Å²) >= 11 is 7.10. The number of rotatable bonds is 7. The van der Waals surface area contributed by atoms with E-state index in [4.69, 9.17) is 11.6 Å². The Labute approximate surface area is 216 Å². The summed E-state index contributed by atoms with van der Waals surface area (Å²) in [6.07, 6.45) is 0. The van der Waals surface area contributed by atoms with Gasteiger partial charge in [-0.1, -0.05) is 83.6 Å². The number of carbonyl (C=O) groups excluding carboxylic acids is 1. The van der Waals surface area contributed by atoms with Gasteiger partial charge in [-0.15, -0.1) is 0 Å². The number of hydrogen-bond acceptors (Lipinski definition) is 5. The first-order chi connectivity index (χ1) is 17.3. The normalized spacial score (nSPS) is 11.5. The summed E-state index contributed by atoms with van der Waals surface area (Å²) in [4.78, 5) is 25.5. The summed E-state index contributed by atoms with van der Waals surface area (Å²) in [5, 5.41) is 0.308. The number of carbonyl (C=O) groups is 1. The number of nitrogens with zero attached hydrogens (tertiary/aromatic N) is 1. The predicted octanol–water partition coefficient (Wildman–Crippen LogP) is 5.80. The number of benzene rings is 4. The van der Waals surface area contributed by atoms with Gasteiger partial charge in [0.15, 0.2) is 5.78 Å².